The van der Waals surface area contributed by atoms with Crippen LogP contribution in [0.25, 0.3) is 0 Å². The molecule has 0 aliphatic heterocycles. The highest BCUT2D eigenvalue weighted by Gasteiger charge is 2.11. The zero-order valence-electron chi connectivity index (χ0n) is 10.5. The lowest BCUT2D eigenvalue weighted by Crippen LogP contribution is -2.03. The van der Waals surface area contributed by atoms with Gasteiger partial charge < -0.3 is 10.1 Å². The molecule has 0 saturated carbocycles. The average molecular weight is 351 g/mol. The van der Waals surface area contributed by atoms with Gasteiger partial charge in [0, 0.05) is 22.2 Å². The van der Waals surface area contributed by atoms with E-state index in [4.69, 9.17) is 51.1 Å². The molecule has 2 rings (SSSR count). The van der Waals surface area contributed by atoms with Crippen molar-refractivity contribution in [3.63, 3.8) is 0 Å². The minimum atomic E-state index is 0.434. The summed E-state index contributed by atoms with van der Waals surface area (Å²) in [6.07, 6.45) is 0. The van der Waals surface area contributed by atoms with E-state index in [2.05, 4.69) is 5.32 Å². The first kappa shape index (κ1) is 15.6. The van der Waals surface area contributed by atoms with Crippen LogP contribution in [0.5, 0.6) is 5.75 Å². The molecule has 0 unspecified atom stereocenters. The highest BCUT2D eigenvalue weighted by Crippen LogP contribution is 2.35. The summed E-state index contributed by atoms with van der Waals surface area (Å²) in [4.78, 5) is 0. The van der Waals surface area contributed by atoms with Crippen LogP contribution >= 0.6 is 46.4 Å². The molecule has 20 heavy (non-hydrogen) atoms. The molecular weight excluding hydrogens is 340 g/mol. The van der Waals surface area contributed by atoms with E-state index in [0.717, 1.165) is 5.56 Å². The summed E-state index contributed by atoms with van der Waals surface area (Å²) < 4.78 is 5.28. The monoisotopic (exact) mass is 349 g/mol. The van der Waals surface area contributed by atoms with Gasteiger partial charge in [0.1, 0.15) is 5.75 Å². The lowest BCUT2D eigenvalue weighted by atomic mass is 10.2. The third-order valence-corrected chi connectivity index (χ3v) is 3.91. The topological polar surface area (TPSA) is 21.3 Å². The average Bonchev–Trinajstić information content (AvgIpc) is 2.38. The van der Waals surface area contributed by atoms with Crippen molar-refractivity contribution in [3.05, 3.63) is 56.0 Å². The largest absolute Gasteiger partial charge is 0.496 e. The lowest BCUT2D eigenvalue weighted by Gasteiger charge is -2.14. The summed E-state index contributed by atoms with van der Waals surface area (Å²) in [6, 6.07) is 8.72. The van der Waals surface area contributed by atoms with E-state index in [1.807, 2.05) is 12.1 Å². The molecular formula is C14H11Cl4NO. The molecule has 0 aliphatic carbocycles. The summed E-state index contributed by atoms with van der Waals surface area (Å²) in [5.74, 6) is 0.700. The second-order valence-electron chi connectivity index (χ2n) is 4.02. The molecule has 0 aliphatic rings. The third-order valence-electron chi connectivity index (χ3n) is 2.74. The molecule has 0 fully saturated rings. The first-order valence-corrected chi connectivity index (χ1v) is 7.24. The maximum Gasteiger partial charge on any atom is 0.125 e. The summed E-state index contributed by atoms with van der Waals surface area (Å²) in [7, 11) is 1.59. The van der Waals surface area contributed by atoms with Gasteiger partial charge >= 0.3 is 0 Å². The van der Waals surface area contributed by atoms with Crippen molar-refractivity contribution >= 4 is 52.1 Å². The number of anilines is 1. The molecule has 0 radical (unpaired) electrons. The normalized spacial score (nSPS) is 10.4. The maximum atomic E-state index is 6.17. The first-order chi connectivity index (χ1) is 9.52. The van der Waals surface area contributed by atoms with E-state index < -0.39 is 0 Å². The molecule has 0 aromatic heterocycles. The van der Waals surface area contributed by atoms with E-state index in [0.29, 0.717) is 38.1 Å². The molecule has 2 nitrogen and oxygen atoms in total. The van der Waals surface area contributed by atoms with Crippen molar-refractivity contribution in [2.45, 2.75) is 6.54 Å². The fraction of sp³-hybridized carbons (Fsp3) is 0.143. The van der Waals surface area contributed by atoms with Gasteiger partial charge in [-0.25, -0.2) is 0 Å². The molecule has 106 valence electrons. The molecule has 2 aromatic carbocycles. The number of hydrogen-bond acceptors (Lipinski definition) is 2. The minimum absolute atomic E-state index is 0.434. The van der Waals surface area contributed by atoms with Gasteiger partial charge in [-0.1, -0.05) is 52.5 Å². The van der Waals surface area contributed by atoms with Crippen LogP contribution in [0, 0.1) is 0 Å². The fourth-order valence-corrected chi connectivity index (χ4v) is 2.97. The van der Waals surface area contributed by atoms with Crippen LogP contribution < -0.4 is 10.1 Å². The van der Waals surface area contributed by atoms with E-state index in [1.165, 1.54) is 0 Å². The van der Waals surface area contributed by atoms with Gasteiger partial charge in [0.15, 0.2) is 0 Å². The zero-order chi connectivity index (χ0) is 14.7. The number of hydrogen-bond donors (Lipinski definition) is 1. The molecule has 0 saturated heterocycles. The predicted molar refractivity (Wildman–Crippen MR) is 86.8 cm³/mol. The highest BCUT2D eigenvalue weighted by molar-refractivity contribution is 6.41. The van der Waals surface area contributed by atoms with Crippen molar-refractivity contribution in [1.82, 2.24) is 0 Å². The van der Waals surface area contributed by atoms with Crippen LogP contribution in [-0.4, -0.2) is 7.11 Å². The molecule has 2 aromatic rings. The Morgan fingerprint density at radius 2 is 1.65 bits per heavy atom. The van der Waals surface area contributed by atoms with Crippen LogP contribution in [0.4, 0.5) is 5.69 Å². The lowest BCUT2D eigenvalue weighted by molar-refractivity contribution is 0.410. The summed E-state index contributed by atoms with van der Waals surface area (Å²) in [6.45, 7) is 0.434. The van der Waals surface area contributed by atoms with E-state index >= 15 is 0 Å². The number of methoxy groups -OCH3 is 1. The molecule has 6 heteroatoms. The number of halogens is 4. The molecule has 1 N–H and O–H groups in total. The van der Waals surface area contributed by atoms with Gasteiger partial charge in [-0.2, -0.15) is 0 Å². The van der Waals surface area contributed by atoms with Gasteiger partial charge in [-0.05, 0) is 24.3 Å². The SMILES string of the molecule is COc1cccc(Cl)c1CNc1c(Cl)cc(Cl)cc1Cl. The van der Waals surface area contributed by atoms with Gasteiger partial charge in [0.2, 0.25) is 0 Å². The molecule has 0 amide bonds. The molecule has 0 heterocycles. The number of ether oxygens (including phenoxy) is 1. The smallest absolute Gasteiger partial charge is 0.125 e. The number of rotatable bonds is 4. The van der Waals surface area contributed by atoms with Crippen LogP contribution in [0.2, 0.25) is 20.1 Å². The second kappa shape index (κ2) is 6.77. The molecule has 0 atom stereocenters. The Morgan fingerprint density at radius 1 is 1.00 bits per heavy atom. The van der Waals surface area contributed by atoms with Gasteiger partial charge in [-0.3, -0.25) is 0 Å². The van der Waals surface area contributed by atoms with Gasteiger partial charge in [0.25, 0.3) is 0 Å². The van der Waals surface area contributed by atoms with Crippen molar-refractivity contribution < 1.29 is 4.74 Å². The van der Waals surface area contributed by atoms with Gasteiger partial charge in [-0.15, -0.1) is 0 Å². The first-order valence-electron chi connectivity index (χ1n) is 5.72. The van der Waals surface area contributed by atoms with E-state index in [1.54, 1.807) is 25.3 Å². The Hall–Kier alpha value is -0.800. The van der Waals surface area contributed by atoms with Crippen molar-refractivity contribution in [2.24, 2.45) is 0 Å². The van der Waals surface area contributed by atoms with Crippen LogP contribution in [0.15, 0.2) is 30.3 Å². The van der Waals surface area contributed by atoms with Crippen LogP contribution in [-0.2, 0) is 6.54 Å². The quantitative estimate of drug-likeness (QED) is 0.738. The van der Waals surface area contributed by atoms with Crippen LogP contribution in [0.3, 0.4) is 0 Å². The third kappa shape index (κ3) is 3.44. The maximum absolute atomic E-state index is 6.17. The fourth-order valence-electron chi connectivity index (χ4n) is 1.79. The molecule has 0 spiro atoms. The molecule has 0 bridgehead atoms. The second-order valence-corrected chi connectivity index (χ2v) is 5.68. The predicted octanol–water partition coefficient (Wildman–Crippen LogP) is 5.92. The van der Waals surface area contributed by atoms with Gasteiger partial charge in [0.05, 0.1) is 22.8 Å². The van der Waals surface area contributed by atoms with E-state index in [-0.39, 0.29) is 0 Å². The summed E-state index contributed by atoms with van der Waals surface area (Å²) >= 11 is 24.3. The minimum Gasteiger partial charge on any atom is -0.496 e. The summed E-state index contributed by atoms with van der Waals surface area (Å²) in [5, 5.41) is 5.15. The Balaban J connectivity index is 2.26. The van der Waals surface area contributed by atoms with Crippen molar-refractivity contribution in [2.75, 3.05) is 12.4 Å². The Labute approximate surface area is 137 Å². The number of nitrogens with one attached hydrogen (secondary N) is 1. The Bertz CT molecular complexity index is 608. The number of benzene rings is 2. The summed E-state index contributed by atoms with van der Waals surface area (Å²) in [5.41, 5.74) is 1.44. The Morgan fingerprint density at radius 3 is 2.25 bits per heavy atom. The van der Waals surface area contributed by atoms with E-state index in [9.17, 15) is 0 Å². The highest BCUT2D eigenvalue weighted by atomic mass is 35.5. The van der Waals surface area contributed by atoms with Crippen molar-refractivity contribution in [3.8, 4) is 5.75 Å². The standard InChI is InChI=1S/C14H11Cl4NO/c1-20-13-4-2-3-10(16)9(13)7-19-14-11(17)5-8(15)6-12(14)18/h2-6,19H,7H2,1H3. The van der Waals surface area contributed by atoms with Crippen LogP contribution in [0.1, 0.15) is 5.56 Å². The Kier molecular flexibility index (Phi) is 5.28. The zero-order valence-corrected chi connectivity index (χ0v) is 13.5. The van der Waals surface area contributed by atoms with Crippen molar-refractivity contribution in [1.29, 1.82) is 0 Å².